The van der Waals surface area contributed by atoms with Crippen molar-refractivity contribution in [3.05, 3.63) is 61.2 Å². The van der Waals surface area contributed by atoms with E-state index in [9.17, 15) is 10.1 Å². The first-order valence-electron chi connectivity index (χ1n) is 6.26. The normalized spacial score (nSPS) is 11.2. The van der Waals surface area contributed by atoms with Crippen molar-refractivity contribution >= 4 is 47.1 Å². The molecular formula is C13H8ClN5O2S2. The van der Waals surface area contributed by atoms with Gasteiger partial charge in [-0.1, -0.05) is 23.7 Å². The molecule has 116 valence electrons. The van der Waals surface area contributed by atoms with Gasteiger partial charge >= 0.3 is 0 Å². The highest BCUT2D eigenvalue weighted by Gasteiger charge is 2.12. The standard InChI is InChI=1S/C13H8ClN5O2S2/c14-9-4-3-8(6-10(9)19(20)21)7-15-18-12(16-17-13(18)22)11-2-1-5-23-11/h1-7H,(H,17,22)/b15-7+. The molecule has 0 spiro atoms. The summed E-state index contributed by atoms with van der Waals surface area (Å²) in [6.07, 6.45) is 1.46. The number of rotatable bonds is 4. The average molecular weight is 366 g/mol. The summed E-state index contributed by atoms with van der Waals surface area (Å²) in [6, 6.07) is 8.23. The molecular weight excluding hydrogens is 358 g/mol. The molecule has 3 rings (SSSR count). The first-order chi connectivity index (χ1) is 11.1. The highest BCUT2D eigenvalue weighted by atomic mass is 35.5. The highest BCUT2D eigenvalue weighted by molar-refractivity contribution is 7.71. The van der Waals surface area contributed by atoms with Crippen LogP contribution in [-0.4, -0.2) is 26.0 Å². The summed E-state index contributed by atoms with van der Waals surface area (Å²) in [6.45, 7) is 0. The van der Waals surface area contributed by atoms with Crippen molar-refractivity contribution in [3.8, 4) is 10.7 Å². The van der Waals surface area contributed by atoms with Crippen molar-refractivity contribution in [2.45, 2.75) is 0 Å². The fourth-order valence-corrected chi connectivity index (χ4v) is 2.90. The molecule has 0 unspecified atom stereocenters. The molecule has 1 aromatic carbocycles. The maximum atomic E-state index is 10.9. The minimum atomic E-state index is -0.541. The third kappa shape index (κ3) is 3.21. The number of aromatic nitrogens is 3. The molecule has 0 saturated carbocycles. The summed E-state index contributed by atoms with van der Waals surface area (Å²) in [4.78, 5) is 11.3. The van der Waals surface area contributed by atoms with Crippen LogP contribution in [0.3, 0.4) is 0 Å². The number of nitro benzene ring substituents is 1. The molecule has 0 atom stereocenters. The number of aromatic amines is 1. The zero-order valence-electron chi connectivity index (χ0n) is 11.3. The molecule has 23 heavy (non-hydrogen) atoms. The van der Waals surface area contributed by atoms with Crippen molar-refractivity contribution in [2.75, 3.05) is 0 Å². The van der Waals surface area contributed by atoms with Gasteiger partial charge in [0.2, 0.25) is 4.77 Å². The van der Waals surface area contributed by atoms with Gasteiger partial charge in [0.25, 0.3) is 5.69 Å². The Kier molecular flexibility index (Phi) is 4.33. The average Bonchev–Trinajstić information content (AvgIpc) is 3.16. The Morgan fingerprint density at radius 1 is 1.48 bits per heavy atom. The number of hydrogen-bond donors (Lipinski definition) is 1. The Morgan fingerprint density at radius 3 is 3.00 bits per heavy atom. The molecule has 3 aromatic rings. The topological polar surface area (TPSA) is 89.1 Å². The van der Waals surface area contributed by atoms with Gasteiger partial charge in [0.1, 0.15) is 5.02 Å². The smallest absolute Gasteiger partial charge is 0.258 e. The number of halogens is 1. The Bertz CT molecular complexity index is 946. The van der Waals surface area contributed by atoms with Crippen LogP contribution in [0.2, 0.25) is 5.02 Å². The lowest BCUT2D eigenvalue weighted by atomic mass is 10.2. The van der Waals surface area contributed by atoms with E-state index in [0.29, 0.717) is 16.2 Å². The zero-order chi connectivity index (χ0) is 16.4. The second-order valence-corrected chi connectivity index (χ2v) is 6.10. The molecule has 0 fully saturated rings. The Balaban J connectivity index is 1.99. The number of thiophene rings is 1. The molecule has 0 bridgehead atoms. The third-order valence-electron chi connectivity index (χ3n) is 2.88. The van der Waals surface area contributed by atoms with Gasteiger partial charge in [0.15, 0.2) is 5.82 Å². The van der Waals surface area contributed by atoms with Crippen LogP contribution in [0.4, 0.5) is 5.69 Å². The van der Waals surface area contributed by atoms with Crippen LogP contribution < -0.4 is 0 Å². The summed E-state index contributed by atoms with van der Waals surface area (Å²) in [5.74, 6) is 0.574. The second kappa shape index (κ2) is 6.41. The molecule has 0 aliphatic carbocycles. The van der Waals surface area contributed by atoms with Gasteiger partial charge in [-0.3, -0.25) is 10.1 Å². The van der Waals surface area contributed by atoms with E-state index in [1.807, 2.05) is 17.5 Å². The van der Waals surface area contributed by atoms with Crippen LogP contribution in [0.25, 0.3) is 10.7 Å². The molecule has 1 N–H and O–H groups in total. The minimum Gasteiger partial charge on any atom is -0.258 e. The number of hydrogen-bond acceptors (Lipinski definition) is 6. The van der Waals surface area contributed by atoms with E-state index >= 15 is 0 Å². The van der Waals surface area contributed by atoms with E-state index < -0.39 is 4.92 Å². The van der Waals surface area contributed by atoms with Crippen molar-refractivity contribution in [2.24, 2.45) is 5.10 Å². The molecule has 2 heterocycles. The number of nitro groups is 1. The molecule has 0 radical (unpaired) electrons. The van der Waals surface area contributed by atoms with Crippen molar-refractivity contribution in [1.82, 2.24) is 14.9 Å². The summed E-state index contributed by atoms with van der Waals surface area (Å²) in [5.41, 5.74) is 0.353. The predicted molar refractivity (Wildman–Crippen MR) is 91.8 cm³/mol. The highest BCUT2D eigenvalue weighted by Crippen LogP contribution is 2.25. The van der Waals surface area contributed by atoms with Crippen molar-refractivity contribution in [1.29, 1.82) is 0 Å². The fourth-order valence-electron chi connectivity index (χ4n) is 1.84. The fraction of sp³-hybridized carbons (Fsp3) is 0. The molecule has 2 aromatic heterocycles. The lowest BCUT2D eigenvalue weighted by Gasteiger charge is -1.99. The molecule has 0 saturated heterocycles. The first kappa shape index (κ1) is 15.5. The van der Waals surface area contributed by atoms with Crippen LogP contribution >= 0.6 is 35.2 Å². The van der Waals surface area contributed by atoms with E-state index in [0.717, 1.165) is 4.88 Å². The van der Waals surface area contributed by atoms with Crippen LogP contribution in [0.1, 0.15) is 5.56 Å². The predicted octanol–water partition coefficient (Wildman–Crippen LogP) is 4.11. The van der Waals surface area contributed by atoms with E-state index in [2.05, 4.69) is 15.3 Å². The van der Waals surface area contributed by atoms with E-state index in [1.165, 1.54) is 34.4 Å². The lowest BCUT2D eigenvalue weighted by molar-refractivity contribution is -0.384. The van der Waals surface area contributed by atoms with Crippen LogP contribution in [0.15, 0.2) is 40.8 Å². The second-order valence-electron chi connectivity index (χ2n) is 4.35. The molecule has 0 amide bonds. The summed E-state index contributed by atoms with van der Waals surface area (Å²) in [5, 5.41) is 24.0. The maximum Gasteiger partial charge on any atom is 0.288 e. The first-order valence-corrected chi connectivity index (χ1v) is 7.92. The molecule has 0 aliphatic heterocycles. The van der Waals surface area contributed by atoms with Crippen LogP contribution in [0.5, 0.6) is 0 Å². The van der Waals surface area contributed by atoms with Gasteiger partial charge in [0.05, 0.1) is 16.0 Å². The summed E-state index contributed by atoms with van der Waals surface area (Å²) >= 11 is 12.4. The van der Waals surface area contributed by atoms with Crippen LogP contribution in [0, 0.1) is 14.9 Å². The van der Waals surface area contributed by atoms with Gasteiger partial charge in [0, 0.05) is 11.6 Å². The summed E-state index contributed by atoms with van der Waals surface area (Å²) < 4.78 is 1.79. The molecule has 7 nitrogen and oxygen atoms in total. The van der Waals surface area contributed by atoms with Crippen LogP contribution in [-0.2, 0) is 0 Å². The molecule has 10 heteroatoms. The van der Waals surface area contributed by atoms with E-state index in [-0.39, 0.29) is 10.7 Å². The largest absolute Gasteiger partial charge is 0.288 e. The Morgan fingerprint density at radius 2 is 2.30 bits per heavy atom. The summed E-state index contributed by atoms with van der Waals surface area (Å²) in [7, 11) is 0. The van der Waals surface area contributed by atoms with Gasteiger partial charge in [-0.25, -0.2) is 5.10 Å². The zero-order valence-corrected chi connectivity index (χ0v) is 13.7. The van der Waals surface area contributed by atoms with E-state index in [4.69, 9.17) is 23.8 Å². The van der Waals surface area contributed by atoms with Crippen molar-refractivity contribution < 1.29 is 4.92 Å². The molecule has 0 aliphatic rings. The maximum absolute atomic E-state index is 10.9. The quantitative estimate of drug-likeness (QED) is 0.326. The van der Waals surface area contributed by atoms with Gasteiger partial charge in [-0.15, -0.1) is 11.3 Å². The number of nitrogens with zero attached hydrogens (tertiary/aromatic N) is 4. The Labute approximate surface area is 144 Å². The minimum absolute atomic E-state index is 0.0753. The lowest BCUT2D eigenvalue weighted by Crippen LogP contribution is -1.95. The van der Waals surface area contributed by atoms with Gasteiger partial charge < -0.3 is 0 Å². The monoisotopic (exact) mass is 365 g/mol. The number of benzene rings is 1. The van der Waals surface area contributed by atoms with Gasteiger partial charge in [-0.05, 0) is 29.7 Å². The SMILES string of the molecule is O=[N+]([O-])c1cc(/C=N/n2c(-c3cccs3)n[nH]c2=S)ccc1Cl. The number of H-pyrrole nitrogens is 1. The number of nitrogens with one attached hydrogen (secondary N) is 1. The third-order valence-corrected chi connectivity index (χ3v) is 4.33. The van der Waals surface area contributed by atoms with Crippen molar-refractivity contribution in [3.63, 3.8) is 0 Å². The Hall–Kier alpha value is -2.36. The van der Waals surface area contributed by atoms with E-state index in [1.54, 1.807) is 6.07 Å². The van der Waals surface area contributed by atoms with Gasteiger partial charge in [-0.2, -0.15) is 14.9 Å².